The fraction of sp³-hybridized carbons (Fsp3) is 0.300. The molecule has 0 aromatic heterocycles. The van der Waals surface area contributed by atoms with Crippen LogP contribution in [-0.2, 0) is 20.9 Å². The number of rotatable bonds is 5. The first-order valence-corrected chi connectivity index (χ1v) is 8.27. The van der Waals surface area contributed by atoms with Crippen LogP contribution in [0, 0.1) is 11.7 Å². The maximum absolute atomic E-state index is 13.9. The summed E-state index contributed by atoms with van der Waals surface area (Å²) in [7, 11) is 0. The average Bonchev–Trinajstić information content (AvgIpc) is 2.61. The number of aliphatic imine (C=N–C) groups is 1. The van der Waals surface area contributed by atoms with Crippen molar-refractivity contribution in [2.75, 3.05) is 6.61 Å². The zero-order valence-electron chi connectivity index (χ0n) is 14.2. The summed E-state index contributed by atoms with van der Waals surface area (Å²) < 4.78 is 24.9. The number of carbonyl (C=O) groups is 1. The summed E-state index contributed by atoms with van der Waals surface area (Å²) in [6.45, 7) is 4.02. The Balaban J connectivity index is 1.92. The number of fused-ring (bicyclic) bond motifs is 1. The van der Waals surface area contributed by atoms with Gasteiger partial charge < -0.3 is 9.47 Å². The van der Waals surface area contributed by atoms with E-state index < -0.39 is 5.97 Å². The highest BCUT2D eigenvalue weighted by Crippen LogP contribution is 2.33. The maximum Gasteiger partial charge on any atom is 0.343 e. The fourth-order valence-electron chi connectivity index (χ4n) is 2.89. The van der Waals surface area contributed by atoms with E-state index in [9.17, 15) is 9.18 Å². The van der Waals surface area contributed by atoms with Crippen LogP contribution in [0.3, 0.4) is 0 Å². The van der Waals surface area contributed by atoms with Crippen LogP contribution < -0.4 is 0 Å². The number of benzene rings is 1. The molecule has 130 valence electrons. The molecule has 0 fully saturated rings. The van der Waals surface area contributed by atoms with Crippen molar-refractivity contribution in [3.63, 3.8) is 0 Å². The molecule has 5 heteroatoms. The Labute approximate surface area is 146 Å². The van der Waals surface area contributed by atoms with Gasteiger partial charge in [-0.05, 0) is 19.9 Å². The van der Waals surface area contributed by atoms with Gasteiger partial charge in [-0.25, -0.2) is 9.18 Å². The summed E-state index contributed by atoms with van der Waals surface area (Å²) in [6.07, 6.45) is 7.47. The summed E-state index contributed by atoms with van der Waals surface area (Å²) >= 11 is 0. The Morgan fingerprint density at radius 3 is 2.88 bits per heavy atom. The van der Waals surface area contributed by atoms with E-state index in [1.165, 1.54) is 12.3 Å². The third-order valence-electron chi connectivity index (χ3n) is 4.15. The summed E-state index contributed by atoms with van der Waals surface area (Å²) in [6, 6.07) is 6.30. The van der Waals surface area contributed by atoms with Gasteiger partial charge in [0.1, 0.15) is 23.8 Å². The molecule has 0 amide bonds. The standard InChI is InChI=1S/C20H20FNO3/c1-3-24-20(23)16-11-22-18-9-8-13(2)10-15(18)19(16)25-12-14-6-4-5-7-17(14)21/h4-11,15,18H,3,12H2,1-2H3/t15-,18+/m0/s1. The van der Waals surface area contributed by atoms with E-state index in [4.69, 9.17) is 9.47 Å². The highest BCUT2D eigenvalue weighted by atomic mass is 19.1. The SMILES string of the molecule is CCOC(=O)C1=C(OCc2ccccc2F)[C@H]2C=C(C)C=C[C@H]2N=C1. The third-order valence-corrected chi connectivity index (χ3v) is 4.15. The second kappa shape index (κ2) is 7.47. The van der Waals surface area contributed by atoms with Crippen LogP contribution in [0.2, 0.25) is 0 Å². The number of ether oxygens (including phenoxy) is 2. The zero-order chi connectivity index (χ0) is 17.8. The van der Waals surface area contributed by atoms with Gasteiger partial charge in [-0.15, -0.1) is 0 Å². The Kier molecular flexibility index (Phi) is 5.12. The number of hydrogen-bond donors (Lipinski definition) is 0. The van der Waals surface area contributed by atoms with Crippen LogP contribution in [-0.4, -0.2) is 24.8 Å². The quantitative estimate of drug-likeness (QED) is 0.767. The van der Waals surface area contributed by atoms with E-state index in [1.54, 1.807) is 25.1 Å². The van der Waals surface area contributed by atoms with Crippen LogP contribution >= 0.6 is 0 Å². The number of esters is 1. The summed E-state index contributed by atoms with van der Waals surface area (Å²) in [5.41, 5.74) is 1.79. The number of hydrogen-bond acceptors (Lipinski definition) is 4. The normalized spacial score (nSPS) is 21.6. The van der Waals surface area contributed by atoms with E-state index in [0.717, 1.165) is 5.57 Å². The van der Waals surface area contributed by atoms with Gasteiger partial charge in [0.25, 0.3) is 0 Å². The molecule has 1 aromatic carbocycles. The van der Waals surface area contributed by atoms with E-state index in [-0.39, 0.29) is 31.0 Å². The van der Waals surface area contributed by atoms with Crippen molar-refractivity contribution in [3.05, 3.63) is 70.8 Å². The molecule has 1 aromatic rings. The van der Waals surface area contributed by atoms with Gasteiger partial charge in [0.2, 0.25) is 0 Å². The minimum Gasteiger partial charge on any atom is -0.491 e. The Hall–Kier alpha value is -2.69. The van der Waals surface area contributed by atoms with Gasteiger partial charge >= 0.3 is 5.97 Å². The van der Waals surface area contributed by atoms with Crippen molar-refractivity contribution >= 4 is 12.2 Å². The lowest BCUT2D eigenvalue weighted by molar-refractivity contribution is -0.138. The number of allylic oxidation sites excluding steroid dienone is 2. The molecule has 0 saturated carbocycles. The van der Waals surface area contributed by atoms with Crippen molar-refractivity contribution < 1.29 is 18.7 Å². The predicted octanol–water partition coefficient (Wildman–Crippen LogP) is 3.74. The molecule has 2 atom stereocenters. The molecule has 1 aliphatic heterocycles. The van der Waals surface area contributed by atoms with Crippen molar-refractivity contribution in [2.24, 2.45) is 10.9 Å². The monoisotopic (exact) mass is 341 g/mol. The number of halogens is 1. The molecule has 1 heterocycles. The predicted molar refractivity (Wildman–Crippen MR) is 93.5 cm³/mol. The molecule has 1 aliphatic carbocycles. The van der Waals surface area contributed by atoms with Crippen LogP contribution in [0.15, 0.2) is 64.4 Å². The smallest absolute Gasteiger partial charge is 0.343 e. The number of dihydropyridines is 1. The Morgan fingerprint density at radius 1 is 1.32 bits per heavy atom. The van der Waals surface area contributed by atoms with E-state index in [2.05, 4.69) is 4.99 Å². The van der Waals surface area contributed by atoms with Gasteiger partial charge in [0.15, 0.2) is 0 Å². The van der Waals surface area contributed by atoms with Crippen molar-refractivity contribution in [2.45, 2.75) is 26.5 Å². The molecule has 0 saturated heterocycles. The number of nitrogens with zero attached hydrogens (tertiary/aromatic N) is 1. The number of carbonyl (C=O) groups excluding carboxylic acids is 1. The second-order valence-electron chi connectivity index (χ2n) is 5.94. The lowest BCUT2D eigenvalue weighted by Crippen LogP contribution is -2.29. The van der Waals surface area contributed by atoms with Crippen LogP contribution in [0.4, 0.5) is 4.39 Å². The maximum atomic E-state index is 13.9. The molecular formula is C20H20FNO3. The summed E-state index contributed by atoms with van der Waals surface area (Å²) in [4.78, 5) is 16.7. The molecule has 4 nitrogen and oxygen atoms in total. The van der Waals surface area contributed by atoms with Gasteiger partial charge in [0.05, 0.1) is 18.6 Å². The highest BCUT2D eigenvalue weighted by molar-refractivity contribution is 6.10. The molecule has 0 unspecified atom stereocenters. The van der Waals surface area contributed by atoms with Crippen LogP contribution in [0.5, 0.6) is 0 Å². The first-order valence-electron chi connectivity index (χ1n) is 8.27. The van der Waals surface area contributed by atoms with Gasteiger partial charge in [-0.1, -0.05) is 42.0 Å². The minimum atomic E-state index is -0.478. The van der Waals surface area contributed by atoms with Crippen LogP contribution in [0.25, 0.3) is 0 Å². The second-order valence-corrected chi connectivity index (χ2v) is 5.94. The van der Waals surface area contributed by atoms with Gasteiger partial charge in [-0.3, -0.25) is 4.99 Å². The Morgan fingerprint density at radius 2 is 2.12 bits per heavy atom. The minimum absolute atomic E-state index is 0.0403. The fourth-order valence-corrected chi connectivity index (χ4v) is 2.89. The Bertz CT molecular complexity index is 792. The zero-order valence-corrected chi connectivity index (χ0v) is 14.2. The molecule has 0 bridgehead atoms. The van der Waals surface area contributed by atoms with Crippen molar-refractivity contribution in [1.82, 2.24) is 0 Å². The van der Waals surface area contributed by atoms with E-state index in [0.29, 0.717) is 16.9 Å². The summed E-state index contributed by atoms with van der Waals surface area (Å²) in [5, 5.41) is 0. The molecule has 25 heavy (non-hydrogen) atoms. The molecule has 0 radical (unpaired) electrons. The largest absolute Gasteiger partial charge is 0.491 e. The first kappa shape index (κ1) is 17.1. The summed E-state index contributed by atoms with van der Waals surface area (Å²) in [5.74, 6) is -0.530. The lowest BCUT2D eigenvalue weighted by atomic mass is 9.87. The molecule has 3 rings (SSSR count). The molecule has 2 aliphatic rings. The topological polar surface area (TPSA) is 47.9 Å². The highest BCUT2D eigenvalue weighted by Gasteiger charge is 2.33. The van der Waals surface area contributed by atoms with Gasteiger partial charge in [0, 0.05) is 11.8 Å². The third kappa shape index (κ3) is 3.71. The lowest BCUT2D eigenvalue weighted by Gasteiger charge is -2.29. The molecule has 0 spiro atoms. The van der Waals surface area contributed by atoms with Crippen LogP contribution in [0.1, 0.15) is 19.4 Å². The van der Waals surface area contributed by atoms with Gasteiger partial charge in [-0.2, -0.15) is 0 Å². The van der Waals surface area contributed by atoms with Crippen molar-refractivity contribution in [1.29, 1.82) is 0 Å². The molecular weight excluding hydrogens is 321 g/mol. The molecule has 0 N–H and O–H groups in total. The first-order chi connectivity index (χ1) is 12.1. The van der Waals surface area contributed by atoms with Crippen molar-refractivity contribution in [3.8, 4) is 0 Å². The van der Waals surface area contributed by atoms with E-state index >= 15 is 0 Å². The average molecular weight is 341 g/mol. The van der Waals surface area contributed by atoms with E-state index in [1.807, 2.05) is 25.2 Å².